The molecule has 0 saturated carbocycles. The summed E-state index contributed by atoms with van der Waals surface area (Å²) in [6.45, 7) is 8.08. The minimum atomic E-state index is 0.691. The standard InChI is InChI=1S/C20H24N2OS2/c1-3-22(4-2)10-11-23-16-13-17(24)20-18(14-16)25-19(21-20)12-15-8-6-5-7-9-15/h5-9,13-14,24H,3-4,10-12H2,1-2H3. The third-order valence-corrected chi connectivity index (χ3v) is 5.60. The minimum Gasteiger partial charge on any atom is -0.492 e. The fraction of sp³-hybridized carbons (Fsp3) is 0.350. The Morgan fingerprint density at radius 2 is 1.88 bits per heavy atom. The third kappa shape index (κ3) is 4.75. The highest BCUT2D eigenvalue weighted by atomic mass is 32.1. The Labute approximate surface area is 159 Å². The number of likely N-dealkylation sites (N-methyl/N-ethyl adjacent to an activating group) is 1. The average Bonchev–Trinajstić information content (AvgIpc) is 3.03. The van der Waals surface area contributed by atoms with E-state index in [1.54, 1.807) is 11.3 Å². The van der Waals surface area contributed by atoms with Gasteiger partial charge in [-0.3, -0.25) is 0 Å². The van der Waals surface area contributed by atoms with Gasteiger partial charge in [-0.15, -0.1) is 24.0 Å². The van der Waals surface area contributed by atoms with Crippen molar-refractivity contribution < 1.29 is 4.74 Å². The van der Waals surface area contributed by atoms with E-state index in [-0.39, 0.29) is 0 Å². The molecular weight excluding hydrogens is 348 g/mol. The van der Waals surface area contributed by atoms with Gasteiger partial charge in [0.05, 0.1) is 15.2 Å². The van der Waals surface area contributed by atoms with E-state index in [9.17, 15) is 0 Å². The smallest absolute Gasteiger partial charge is 0.122 e. The molecule has 0 unspecified atom stereocenters. The summed E-state index contributed by atoms with van der Waals surface area (Å²) in [6.07, 6.45) is 0.853. The molecule has 3 aromatic rings. The van der Waals surface area contributed by atoms with Crippen LogP contribution in [0.4, 0.5) is 0 Å². The highest BCUT2D eigenvalue weighted by Crippen LogP contribution is 2.32. The van der Waals surface area contributed by atoms with Crippen LogP contribution >= 0.6 is 24.0 Å². The van der Waals surface area contributed by atoms with E-state index in [0.717, 1.165) is 51.9 Å². The molecule has 1 aromatic heterocycles. The van der Waals surface area contributed by atoms with Crippen molar-refractivity contribution in [1.29, 1.82) is 0 Å². The van der Waals surface area contributed by atoms with Crippen LogP contribution in [0, 0.1) is 0 Å². The Hall–Kier alpha value is -1.56. The van der Waals surface area contributed by atoms with Gasteiger partial charge >= 0.3 is 0 Å². The molecule has 0 radical (unpaired) electrons. The first-order valence-electron chi connectivity index (χ1n) is 8.71. The summed E-state index contributed by atoms with van der Waals surface area (Å²) in [4.78, 5) is 7.99. The van der Waals surface area contributed by atoms with Gasteiger partial charge in [-0.1, -0.05) is 44.2 Å². The second-order valence-electron chi connectivity index (χ2n) is 5.93. The van der Waals surface area contributed by atoms with Crippen LogP contribution in [0.25, 0.3) is 10.2 Å². The van der Waals surface area contributed by atoms with Gasteiger partial charge in [0.2, 0.25) is 0 Å². The molecule has 132 valence electrons. The molecule has 0 spiro atoms. The van der Waals surface area contributed by atoms with Crippen molar-refractivity contribution in [1.82, 2.24) is 9.88 Å². The van der Waals surface area contributed by atoms with Crippen LogP contribution in [0.15, 0.2) is 47.4 Å². The van der Waals surface area contributed by atoms with Crippen LogP contribution in [0.3, 0.4) is 0 Å². The van der Waals surface area contributed by atoms with E-state index in [1.165, 1.54) is 5.56 Å². The van der Waals surface area contributed by atoms with Crippen molar-refractivity contribution in [3.8, 4) is 5.75 Å². The molecule has 0 N–H and O–H groups in total. The number of ether oxygens (including phenoxy) is 1. The number of thiol groups is 1. The first-order valence-corrected chi connectivity index (χ1v) is 9.97. The summed E-state index contributed by atoms with van der Waals surface area (Å²) in [5.41, 5.74) is 2.24. The second-order valence-corrected chi connectivity index (χ2v) is 7.53. The van der Waals surface area contributed by atoms with Crippen LogP contribution in [-0.4, -0.2) is 36.1 Å². The quantitative estimate of drug-likeness (QED) is 0.570. The van der Waals surface area contributed by atoms with Gasteiger partial charge in [-0.05, 0) is 30.8 Å². The molecule has 1 heterocycles. The van der Waals surface area contributed by atoms with Gasteiger partial charge in [-0.25, -0.2) is 4.98 Å². The number of fused-ring (bicyclic) bond motifs is 1. The summed E-state index contributed by atoms with van der Waals surface area (Å²) >= 11 is 6.33. The molecule has 0 amide bonds. The number of benzene rings is 2. The van der Waals surface area contributed by atoms with Crippen molar-refractivity contribution in [3.05, 3.63) is 53.0 Å². The lowest BCUT2D eigenvalue weighted by molar-refractivity contribution is 0.223. The SMILES string of the molecule is CCN(CC)CCOc1cc(S)c2nc(Cc3ccccc3)sc2c1. The molecule has 2 aromatic carbocycles. The zero-order valence-electron chi connectivity index (χ0n) is 14.7. The summed E-state index contributed by atoms with van der Waals surface area (Å²) in [5.74, 6) is 0.875. The zero-order chi connectivity index (χ0) is 17.6. The first-order chi connectivity index (χ1) is 12.2. The van der Waals surface area contributed by atoms with E-state index < -0.39 is 0 Å². The Morgan fingerprint density at radius 3 is 2.60 bits per heavy atom. The molecule has 0 atom stereocenters. The van der Waals surface area contributed by atoms with E-state index in [0.29, 0.717) is 6.61 Å². The van der Waals surface area contributed by atoms with Gasteiger partial charge in [0.15, 0.2) is 0 Å². The minimum absolute atomic E-state index is 0.691. The lowest BCUT2D eigenvalue weighted by Crippen LogP contribution is -2.27. The number of hydrogen-bond acceptors (Lipinski definition) is 5. The zero-order valence-corrected chi connectivity index (χ0v) is 16.4. The number of thiazole rings is 1. The average molecular weight is 373 g/mol. The summed E-state index contributed by atoms with van der Waals surface area (Å²) in [6, 6.07) is 14.5. The van der Waals surface area contributed by atoms with Gasteiger partial charge < -0.3 is 9.64 Å². The van der Waals surface area contributed by atoms with Crippen LogP contribution in [0.5, 0.6) is 5.75 Å². The molecule has 0 saturated heterocycles. The molecular formula is C20H24N2OS2. The molecule has 0 aliphatic rings. The summed E-state index contributed by atoms with van der Waals surface area (Å²) in [7, 11) is 0. The van der Waals surface area contributed by atoms with Crippen LogP contribution in [0.2, 0.25) is 0 Å². The maximum atomic E-state index is 5.94. The number of aromatic nitrogens is 1. The van der Waals surface area contributed by atoms with Gasteiger partial charge in [-0.2, -0.15) is 0 Å². The maximum absolute atomic E-state index is 5.94. The normalized spacial score (nSPS) is 11.4. The van der Waals surface area contributed by atoms with Crippen LogP contribution in [-0.2, 0) is 6.42 Å². The second kappa shape index (κ2) is 8.70. The molecule has 0 fully saturated rings. The lowest BCUT2D eigenvalue weighted by Gasteiger charge is -2.18. The predicted molar refractivity (Wildman–Crippen MR) is 109 cm³/mol. The van der Waals surface area contributed by atoms with E-state index in [4.69, 9.17) is 9.72 Å². The molecule has 3 rings (SSSR count). The fourth-order valence-corrected chi connectivity index (χ4v) is 4.23. The van der Waals surface area contributed by atoms with E-state index >= 15 is 0 Å². The molecule has 5 heteroatoms. The summed E-state index contributed by atoms with van der Waals surface area (Å²) < 4.78 is 7.08. The molecule has 25 heavy (non-hydrogen) atoms. The Morgan fingerprint density at radius 1 is 1.12 bits per heavy atom. The van der Waals surface area contributed by atoms with Gasteiger partial charge in [0.25, 0.3) is 0 Å². The Bertz CT molecular complexity index is 813. The third-order valence-electron chi connectivity index (χ3n) is 4.26. The maximum Gasteiger partial charge on any atom is 0.122 e. The van der Waals surface area contributed by atoms with Crippen molar-refractivity contribution in [3.63, 3.8) is 0 Å². The van der Waals surface area contributed by atoms with E-state index in [2.05, 4.69) is 61.7 Å². The largest absolute Gasteiger partial charge is 0.492 e. The molecule has 3 nitrogen and oxygen atoms in total. The Balaban J connectivity index is 1.72. The van der Waals surface area contributed by atoms with Crippen LogP contribution < -0.4 is 4.74 Å². The topological polar surface area (TPSA) is 25.4 Å². The van der Waals surface area contributed by atoms with Crippen molar-refractivity contribution in [2.45, 2.75) is 25.2 Å². The lowest BCUT2D eigenvalue weighted by atomic mass is 10.2. The van der Waals surface area contributed by atoms with Gasteiger partial charge in [0.1, 0.15) is 12.4 Å². The first kappa shape index (κ1) is 18.2. The molecule has 0 aliphatic heterocycles. The molecule has 0 bridgehead atoms. The fourth-order valence-electron chi connectivity index (χ4n) is 2.80. The summed E-state index contributed by atoms with van der Waals surface area (Å²) in [5, 5.41) is 1.11. The molecule has 0 aliphatic carbocycles. The van der Waals surface area contributed by atoms with Crippen LogP contribution in [0.1, 0.15) is 24.4 Å². The highest BCUT2D eigenvalue weighted by molar-refractivity contribution is 7.80. The predicted octanol–water partition coefficient (Wildman–Crippen LogP) is 4.90. The van der Waals surface area contributed by atoms with Crippen molar-refractivity contribution in [2.24, 2.45) is 0 Å². The number of rotatable bonds is 8. The van der Waals surface area contributed by atoms with Crippen molar-refractivity contribution in [2.75, 3.05) is 26.2 Å². The van der Waals surface area contributed by atoms with Crippen molar-refractivity contribution >= 4 is 34.2 Å². The van der Waals surface area contributed by atoms with Gasteiger partial charge in [0, 0.05) is 17.9 Å². The highest BCUT2D eigenvalue weighted by Gasteiger charge is 2.10. The Kier molecular flexibility index (Phi) is 6.34. The monoisotopic (exact) mass is 372 g/mol. The van der Waals surface area contributed by atoms with E-state index in [1.807, 2.05) is 12.1 Å². The number of nitrogens with zero attached hydrogens (tertiary/aromatic N) is 2. The number of hydrogen-bond donors (Lipinski definition) is 1.